The van der Waals surface area contributed by atoms with Crippen molar-refractivity contribution in [1.29, 1.82) is 0 Å². The molecule has 4 N–H and O–H groups in total. The van der Waals surface area contributed by atoms with Crippen LogP contribution < -0.4 is 10.5 Å². The normalized spacial score (nSPS) is 21.9. The zero-order valence-electron chi connectivity index (χ0n) is 12.6. The summed E-state index contributed by atoms with van der Waals surface area (Å²) < 4.78 is 28.0. The number of aromatic nitrogens is 1. The van der Waals surface area contributed by atoms with Crippen LogP contribution in [0.1, 0.15) is 34.9 Å². The summed E-state index contributed by atoms with van der Waals surface area (Å²) in [5.41, 5.74) is 5.93. The fourth-order valence-electron chi connectivity index (χ4n) is 2.67. The molecule has 128 valence electrons. The molecule has 0 bridgehead atoms. The van der Waals surface area contributed by atoms with Gasteiger partial charge in [0.05, 0.1) is 23.4 Å². The number of amides is 1. The second-order valence-electron chi connectivity index (χ2n) is 5.76. The Balaban J connectivity index is 1.87. The Kier molecular flexibility index (Phi) is 4.68. The highest BCUT2D eigenvalue weighted by Crippen LogP contribution is 2.38. The maximum absolute atomic E-state index is 12.6. The molecule has 1 aliphatic carbocycles. The molecule has 1 fully saturated rings. The third-order valence-electron chi connectivity index (χ3n) is 4.03. The lowest BCUT2D eigenvalue weighted by atomic mass is 9.76. The summed E-state index contributed by atoms with van der Waals surface area (Å²) in [7, 11) is -3.82. The Morgan fingerprint density at radius 2 is 2.17 bits per heavy atom. The van der Waals surface area contributed by atoms with Gasteiger partial charge in [-0.25, -0.2) is 13.1 Å². The van der Waals surface area contributed by atoms with Gasteiger partial charge in [0.25, 0.3) is 10.0 Å². The van der Waals surface area contributed by atoms with Crippen LogP contribution in [0.25, 0.3) is 0 Å². The van der Waals surface area contributed by atoms with E-state index in [9.17, 15) is 18.3 Å². The molecular formula is C15H17N3O4S2. The zero-order valence-corrected chi connectivity index (χ0v) is 14.3. The van der Waals surface area contributed by atoms with E-state index in [1.807, 2.05) is 0 Å². The van der Waals surface area contributed by atoms with Gasteiger partial charge in [-0.2, -0.15) is 0 Å². The second kappa shape index (κ2) is 6.60. The molecule has 2 heterocycles. The Morgan fingerprint density at radius 3 is 2.71 bits per heavy atom. The largest absolute Gasteiger partial charge is 0.393 e. The third-order valence-corrected chi connectivity index (χ3v) is 6.92. The van der Waals surface area contributed by atoms with Crippen molar-refractivity contribution in [3.63, 3.8) is 0 Å². The molecule has 0 radical (unpaired) electrons. The van der Waals surface area contributed by atoms with Gasteiger partial charge in [0, 0.05) is 11.6 Å². The Labute approximate surface area is 143 Å². The smallest absolute Gasteiger partial charge is 0.250 e. The van der Waals surface area contributed by atoms with Crippen molar-refractivity contribution in [2.75, 3.05) is 0 Å². The van der Waals surface area contributed by atoms with Crippen LogP contribution in [0, 0.1) is 5.92 Å². The molecule has 1 amide bonds. The van der Waals surface area contributed by atoms with Crippen molar-refractivity contribution in [2.45, 2.75) is 29.2 Å². The molecule has 2 aromatic heterocycles. The molecular weight excluding hydrogens is 350 g/mol. The van der Waals surface area contributed by atoms with Crippen molar-refractivity contribution in [2.24, 2.45) is 11.7 Å². The number of nitrogens with one attached hydrogen (secondary N) is 1. The van der Waals surface area contributed by atoms with Crippen LogP contribution in [-0.2, 0) is 10.0 Å². The molecule has 2 aromatic rings. The number of nitrogens with zero attached hydrogens (tertiary/aromatic N) is 1. The highest BCUT2D eigenvalue weighted by molar-refractivity contribution is 7.91. The molecule has 1 saturated carbocycles. The molecule has 0 aliphatic heterocycles. The van der Waals surface area contributed by atoms with E-state index in [4.69, 9.17) is 5.73 Å². The summed E-state index contributed by atoms with van der Waals surface area (Å²) in [6.45, 7) is 0. The van der Waals surface area contributed by atoms with Crippen molar-refractivity contribution >= 4 is 27.3 Å². The van der Waals surface area contributed by atoms with Crippen molar-refractivity contribution in [3.8, 4) is 0 Å². The van der Waals surface area contributed by atoms with E-state index in [0.717, 1.165) is 11.3 Å². The molecule has 3 rings (SSSR count). The van der Waals surface area contributed by atoms with Gasteiger partial charge in [-0.05, 0) is 37.0 Å². The number of hydrogen-bond donors (Lipinski definition) is 3. The second-order valence-corrected chi connectivity index (χ2v) is 8.61. The minimum atomic E-state index is -3.82. The van der Waals surface area contributed by atoms with Crippen LogP contribution in [0.5, 0.6) is 0 Å². The van der Waals surface area contributed by atoms with Gasteiger partial charge in [-0.1, -0.05) is 6.07 Å². The number of hydrogen-bond acceptors (Lipinski definition) is 6. The first-order valence-electron chi connectivity index (χ1n) is 7.36. The predicted octanol–water partition coefficient (Wildman–Crippen LogP) is 1.03. The van der Waals surface area contributed by atoms with E-state index in [-0.39, 0.29) is 15.7 Å². The number of carbonyl (C=O) groups excluding carboxylic acids is 1. The van der Waals surface area contributed by atoms with Gasteiger partial charge < -0.3 is 10.8 Å². The van der Waals surface area contributed by atoms with Crippen molar-refractivity contribution in [1.82, 2.24) is 9.71 Å². The summed E-state index contributed by atoms with van der Waals surface area (Å²) in [4.78, 5) is 15.4. The first kappa shape index (κ1) is 17.0. The number of rotatable bonds is 6. The lowest BCUT2D eigenvalue weighted by Gasteiger charge is -2.37. The molecule has 9 heteroatoms. The molecule has 1 atom stereocenters. The van der Waals surface area contributed by atoms with E-state index < -0.39 is 28.1 Å². The minimum Gasteiger partial charge on any atom is -0.393 e. The van der Waals surface area contributed by atoms with Gasteiger partial charge >= 0.3 is 0 Å². The summed E-state index contributed by atoms with van der Waals surface area (Å²) in [5.74, 6) is -0.698. The van der Waals surface area contributed by atoms with Gasteiger partial charge in [0.15, 0.2) is 0 Å². The molecule has 0 unspecified atom stereocenters. The molecule has 1 aliphatic rings. The third kappa shape index (κ3) is 3.48. The van der Waals surface area contributed by atoms with E-state index in [0.29, 0.717) is 18.5 Å². The maximum Gasteiger partial charge on any atom is 0.250 e. The average molecular weight is 367 g/mol. The Morgan fingerprint density at radius 1 is 1.42 bits per heavy atom. The van der Waals surface area contributed by atoms with Crippen LogP contribution in [0.2, 0.25) is 0 Å². The molecule has 24 heavy (non-hydrogen) atoms. The molecule has 7 nitrogen and oxygen atoms in total. The van der Waals surface area contributed by atoms with Crippen LogP contribution in [0.4, 0.5) is 0 Å². The summed E-state index contributed by atoms with van der Waals surface area (Å²) in [6, 6.07) is 6.03. The fraction of sp³-hybridized carbons (Fsp3) is 0.333. The predicted molar refractivity (Wildman–Crippen MR) is 88.9 cm³/mol. The monoisotopic (exact) mass is 367 g/mol. The van der Waals surface area contributed by atoms with Gasteiger partial charge in [0.1, 0.15) is 4.21 Å². The number of aliphatic hydroxyl groups excluding tert-OH is 1. The number of carbonyl (C=O) groups is 1. The Bertz CT molecular complexity index is 829. The van der Waals surface area contributed by atoms with E-state index in [1.54, 1.807) is 24.4 Å². The lowest BCUT2D eigenvalue weighted by Crippen LogP contribution is -2.41. The first-order chi connectivity index (χ1) is 11.4. The SMILES string of the molecule is NC(=O)c1csc(S(=O)(=O)N[C@@H](c2ccccn2)C2CC(O)C2)c1. The van der Waals surface area contributed by atoms with Crippen LogP contribution >= 0.6 is 11.3 Å². The van der Waals surface area contributed by atoms with Crippen molar-refractivity contribution in [3.05, 3.63) is 47.1 Å². The quantitative estimate of drug-likeness (QED) is 0.704. The average Bonchev–Trinajstić information content (AvgIpc) is 3.02. The van der Waals surface area contributed by atoms with Crippen LogP contribution in [0.15, 0.2) is 40.1 Å². The van der Waals surface area contributed by atoms with E-state index in [1.165, 1.54) is 11.4 Å². The highest BCUT2D eigenvalue weighted by atomic mass is 32.2. The topological polar surface area (TPSA) is 122 Å². The van der Waals surface area contributed by atoms with E-state index >= 15 is 0 Å². The zero-order chi connectivity index (χ0) is 17.3. The summed E-state index contributed by atoms with van der Waals surface area (Å²) in [6.07, 6.45) is 2.22. The standard InChI is InChI=1S/C15H17N3O4S2/c16-15(20)10-7-13(23-8-10)24(21,22)18-14(9-5-11(19)6-9)12-3-1-2-4-17-12/h1-4,7-9,11,14,18-19H,5-6H2,(H2,16,20)/t9?,11?,14-/m1/s1. The van der Waals surface area contributed by atoms with Gasteiger partial charge in [-0.15, -0.1) is 11.3 Å². The number of aliphatic hydroxyl groups is 1. The molecule has 0 saturated heterocycles. The van der Waals surface area contributed by atoms with E-state index in [2.05, 4.69) is 9.71 Å². The lowest BCUT2D eigenvalue weighted by molar-refractivity contribution is 0.0273. The van der Waals surface area contributed by atoms with Gasteiger partial charge in [0.2, 0.25) is 5.91 Å². The fourth-order valence-corrected chi connectivity index (χ4v) is 5.14. The number of thiophene rings is 1. The summed E-state index contributed by atoms with van der Waals surface area (Å²) in [5, 5.41) is 11.0. The van der Waals surface area contributed by atoms with Crippen molar-refractivity contribution < 1.29 is 18.3 Å². The van der Waals surface area contributed by atoms with Crippen LogP contribution in [0.3, 0.4) is 0 Å². The first-order valence-corrected chi connectivity index (χ1v) is 9.73. The maximum atomic E-state index is 12.6. The number of nitrogens with two attached hydrogens (primary N) is 1. The Hall–Kier alpha value is -1.81. The minimum absolute atomic E-state index is 0.0251. The number of sulfonamides is 1. The number of pyridine rings is 1. The molecule has 0 spiro atoms. The van der Waals surface area contributed by atoms with Gasteiger partial charge in [-0.3, -0.25) is 9.78 Å². The molecule has 0 aromatic carbocycles. The highest BCUT2D eigenvalue weighted by Gasteiger charge is 2.38. The van der Waals surface area contributed by atoms with Crippen LogP contribution in [-0.4, -0.2) is 30.5 Å². The number of primary amides is 1. The summed E-state index contributed by atoms with van der Waals surface area (Å²) >= 11 is 0.939.